The van der Waals surface area contributed by atoms with Gasteiger partial charge >= 0.3 is 0 Å². The summed E-state index contributed by atoms with van der Waals surface area (Å²) in [6.07, 6.45) is 7.68. The van der Waals surface area contributed by atoms with Crippen molar-refractivity contribution in [1.29, 1.82) is 0 Å². The molecule has 6 rings (SSSR count). The van der Waals surface area contributed by atoms with E-state index in [4.69, 9.17) is 0 Å². The van der Waals surface area contributed by atoms with Gasteiger partial charge in [0, 0.05) is 30.4 Å². The second kappa shape index (κ2) is 4.79. The van der Waals surface area contributed by atoms with E-state index in [0.29, 0.717) is 0 Å². The van der Waals surface area contributed by atoms with Gasteiger partial charge in [0.15, 0.2) is 5.52 Å². The van der Waals surface area contributed by atoms with Crippen molar-refractivity contribution in [2.75, 3.05) is 0 Å². The largest absolute Gasteiger partial charge is 0.270 e. The summed E-state index contributed by atoms with van der Waals surface area (Å²) in [5.74, 6) is 1.19. The van der Waals surface area contributed by atoms with Crippen LogP contribution in [0.1, 0.15) is 5.56 Å². The zero-order valence-electron chi connectivity index (χ0n) is 14.3. The molecule has 0 spiro atoms. The van der Waals surface area contributed by atoms with Crippen molar-refractivity contribution in [3.05, 3.63) is 72.8 Å². The smallest absolute Gasteiger partial charge is 0.264 e. The molecule has 1 aliphatic heterocycles. The van der Waals surface area contributed by atoms with Crippen molar-refractivity contribution >= 4 is 22.1 Å². The maximum absolute atomic E-state index is 4.39. The molecule has 124 valence electrons. The van der Waals surface area contributed by atoms with Crippen LogP contribution in [0.15, 0.2) is 67.3 Å². The maximum Gasteiger partial charge on any atom is 0.270 e. The molecule has 0 amide bonds. The molecule has 1 aromatic carbocycles. The van der Waals surface area contributed by atoms with Crippen molar-refractivity contribution in [1.82, 2.24) is 19.1 Å². The van der Waals surface area contributed by atoms with Gasteiger partial charge in [-0.3, -0.25) is 14.5 Å². The highest BCUT2D eigenvalue weighted by Gasteiger charge is 2.36. The number of hydrogen-bond acceptors (Lipinski definition) is 2. The van der Waals surface area contributed by atoms with Crippen molar-refractivity contribution < 1.29 is 4.57 Å². The summed E-state index contributed by atoms with van der Waals surface area (Å²) in [7, 11) is 2.13. The van der Waals surface area contributed by atoms with Crippen molar-refractivity contribution in [2.45, 2.75) is 6.54 Å². The van der Waals surface area contributed by atoms with Crippen LogP contribution < -0.4 is 4.57 Å². The number of aryl methyl sites for hydroxylation is 1. The highest BCUT2D eigenvalue weighted by atomic mass is 15.3. The molecule has 0 atom stereocenters. The Morgan fingerprint density at radius 1 is 0.962 bits per heavy atom. The summed E-state index contributed by atoms with van der Waals surface area (Å²) in [6, 6.07) is 14.7. The van der Waals surface area contributed by atoms with E-state index in [2.05, 4.69) is 73.2 Å². The summed E-state index contributed by atoms with van der Waals surface area (Å²) in [5, 5.41) is 1.17. The molecule has 5 heteroatoms. The topological polar surface area (TPSA) is 39.5 Å². The van der Waals surface area contributed by atoms with Gasteiger partial charge in [-0.25, -0.2) is 9.13 Å². The molecule has 5 heterocycles. The Balaban J connectivity index is 1.87. The zero-order chi connectivity index (χ0) is 17.3. The highest BCUT2D eigenvalue weighted by Crippen LogP contribution is 2.37. The van der Waals surface area contributed by atoms with E-state index >= 15 is 0 Å². The van der Waals surface area contributed by atoms with Gasteiger partial charge in [0.1, 0.15) is 11.2 Å². The van der Waals surface area contributed by atoms with Gasteiger partial charge in [0.05, 0.1) is 24.5 Å². The fraction of sp³-hybridized carbons (Fsp3) is 0.0952. The quantitative estimate of drug-likeness (QED) is 0.432. The van der Waals surface area contributed by atoms with Crippen LogP contribution in [-0.4, -0.2) is 19.1 Å². The van der Waals surface area contributed by atoms with E-state index in [-0.39, 0.29) is 0 Å². The summed E-state index contributed by atoms with van der Waals surface area (Å²) < 4.78 is 7.02. The molecule has 5 aromatic rings. The van der Waals surface area contributed by atoms with Crippen LogP contribution in [0.4, 0.5) is 0 Å². The van der Waals surface area contributed by atoms with Crippen molar-refractivity contribution in [3.63, 3.8) is 0 Å². The lowest BCUT2D eigenvalue weighted by Gasteiger charge is -2.03. The predicted molar refractivity (Wildman–Crippen MR) is 100 cm³/mol. The molecular formula is C21H16N5+. The lowest BCUT2D eigenvalue weighted by Crippen LogP contribution is -2.33. The molecule has 5 nitrogen and oxygen atoms in total. The third-order valence-corrected chi connectivity index (χ3v) is 5.39. The highest BCUT2D eigenvalue weighted by molar-refractivity contribution is 6.05. The van der Waals surface area contributed by atoms with E-state index in [1.54, 1.807) is 0 Å². The average molecular weight is 338 g/mol. The van der Waals surface area contributed by atoms with Crippen molar-refractivity contribution in [3.8, 4) is 17.1 Å². The minimum atomic E-state index is 0.862. The van der Waals surface area contributed by atoms with E-state index in [9.17, 15) is 0 Å². The molecule has 0 bridgehead atoms. The predicted octanol–water partition coefficient (Wildman–Crippen LogP) is 3.23. The molecule has 0 unspecified atom stereocenters. The summed E-state index contributed by atoms with van der Waals surface area (Å²) in [6.45, 7) is 0.862. The lowest BCUT2D eigenvalue weighted by molar-refractivity contribution is -0.648. The number of hydrogen-bond donors (Lipinski definition) is 0. The molecule has 0 N–H and O–H groups in total. The molecule has 26 heavy (non-hydrogen) atoms. The van der Waals surface area contributed by atoms with Gasteiger partial charge in [-0.15, -0.1) is 0 Å². The molecule has 0 fully saturated rings. The Hall–Kier alpha value is -3.47. The Labute approximate surface area is 149 Å². The molecule has 0 aliphatic carbocycles. The van der Waals surface area contributed by atoms with Gasteiger partial charge < -0.3 is 0 Å². The van der Waals surface area contributed by atoms with Gasteiger partial charge in [-0.1, -0.05) is 18.2 Å². The third kappa shape index (κ3) is 1.57. The minimum Gasteiger partial charge on any atom is -0.264 e. The number of pyridine rings is 2. The summed E-state index contributed by atoms with van der Waals surface area (Å²) in [5.41, 5.74) is 7.27. The molecule has 4 aromatic heterocycles. The van der Waals surface area contributed by atoms with Crippen LogP contribution in [0.5, 0.6) is 0 Å². The summed E-state index contributed by atoms with van der Waals surface area (Å²) in [4.78, 5) is 8.77. The number of benzene rings is 1. The van der Waals surface area contributed by atoms with Crippen LogP contribution in [0, 0.1) is 0 Å². The van der Waals surface area contributed by atoms with Crippen LogP contribution in [-0.2, 0) is 13.6 Å². The summed E-state index contributed by atoms with van der Waals surface area (Å²) >= 11 is 0. The number of fused-ring (bicyclic) bond motifs is 7. The van der Waals surface area contributed by atoms with Crippen molar-refractivity contribution in [2.24, 2.45) is 7.05 Å². The monoisotopic (exact) mass is 338 g/mol. The number of aromatic nitrogens is 5. The van der Waals surface area contributed by atoms with Gasteiger partial charge in [0.25, 0.3) is 5.65 Å². The van der Waals surface area contributed by atoms with E-state index in [0.717, 1.165) is 12.2 Å². The molecule has 0 radical (unpaired) electrons. The average Bonchev–Trinajstić information content (AvgIpc) is 3.31. The minimum absolute atomic E-state index is 0.862. The number of rotatable bonds is 1. The maximum atomic E-state index is 4.39. The normalized spacial score (nSPS) is 12.7. The van der Waals surface area contributed by atoms with Gasteiger partial charge in [-0.2, -0.15) is 0 Å². The van der Waals surface area contributed by atoms with Gasteiger partial charge in [-0.05, 0) is 24.3 Å². The second-order valence-corrected chi connectivity index (χ2v) is 6.74. The Bertz CT molecular complexity index is 1310. The van der Waals surface area contributed by atoms with E-state index in [1.807, 2.05) is 24.8 Å². The molecule has 0 saturated heterocycles. The third-order valence-electron chi connectivity index (χ3n) is 5.39. The van der Waals surface area contributed by atoms with Crippen LogP contribution >= 0.6 is 0 Å². The fourth-order valence-electron chi connectivity index (χ4n) is 4.29. The first-order chi connectivity index (χ1) is 12.8. The number of nitrogens with zero attached hydrogens (tertiary/aromatic N) is 5. The Morgan fingerprint density at radius 3 is 2.65 bits per heavy atom. The molecular weight excluding hydrogens is 322 g/mol. The molecule has 0 saturated carbocycles. The Morgan fingerprint density at radius 2 is 1.77 bits per heavy atom. The molecule has 1 aliphatic rings. The van der Waals surface area contributed by atoms with Gasteiger partial charge in [0.2, 0.25) is 5.82 Å². The number of imidazole rings is 1. The van der Waals surface area contributed by atoms with E-state index in [1.165, 1.54) is 39.0 Å². The first kappa shape index (κ1) is 13.8. The first-order valence-electron chi connectivity index (χ1n) is 8.70. The van der Waals surface area contributed by atoms with Crippen LogP contribution in [0.3, 0.4) is 0 Å². The van der Waals surface area contributed by atoms with Crippen LogP contribution in [0.25, 0.3) is 39.1 Å². The lowest BCUT2D eigenvalue weighted by atomic mass is 10.1. The van der Waals surface area contributed by atoms with E-state index < -0.39 is 0 Å². The SMILES string of the molecule is Cn1c2ccncc2c2c1[n+]1c(n2-c2ccccc2)-c2cnccc2C1. The fourth-order valence-corrected chi connectivity index (χ4v) is 4.29. The van der Waals surface area contributed by atoms with Crippen LogP contribution in [0.2, 0.25) is 0 Å². The number of para-hydroxylation sites is 1. The zero-order valence-corrected chi connectivity index (χ0v) is 14.3. The Kier molecular flexibility index (Phi) is 2.54. The first-order valence-corrected chi connectivity index (χ1v) is 8.70. The standard InChI is InChI=1S/C21H16N5/c1-24-18-8-10-23-12-17(18)19-21(24)25-13-14-7-9-22-11-16(14)20(25)26(19)15-5-3-2-4-6-15/h2-12H,13H2,1H3/q+1. The second-order valence-electron chi connectivity index (χ2n) is 6.74.